The van der Waals surface area contributed by atoms with Crippen LogP contribution in [0.5, 0.6) is 5.75 Å². The average Bonchev–Trinajstić information content (AvgIpc) is 3.20. The number of piperidine rings is 1. The molecule has 0 spiro atoms. The predicted molar refractivity (Wildman–Crippen MR) is 203 cm³/mol. The summed E-state index contributed by atoms with van der Waals surface area (Å²) in [6.45, 7) is 5.31. The van der Waals surface area contributed by atoms with E-state index in [0.29, 0.717) is 67.2 Å². The third-order valence-electron chi connectivity index (χ3n) is 10.7. The van der Waals surface area contributed by atoms with Gasteiger partial charge >= 0.3 is 0 Å². The number of benzene rings is 2. The number of imide groups is 1. The Balaban J connectivity index is 0.831. The maximum Gasteiger partial charge on any atom is 0.272 e. The standard InChI is InChI=1S/C39H43ClFN9O6/c40-31-20-28(5-1-24(31)21-42)56-27-6-2-25(3-7-27)43-39(54)34-9-11-35(47-46-34)50-17-18-55-29(23-50)22-48-13-15-49(16-14-48)26-4-8-30(32(41)19-26)37(52)44-33-10-12-36(51)45-38(33)53/h1,4-5,8-9,11,19-20,25,27,29,33H,2-3,6-7,10,12-18,22-23H2,(H,43,54)(H,44,52)(H,45,51,53)/t25?,27?,29-,33-/m0/s1. The van der Waals surface area contributed by atoms with E-state index in [1.165, 1.54) is 12.1 Å². The number of carbonyl (C=O) groups is 4. The van der Waals surface area contributed by atoms with Gasteiger partial charge in [0, 0.05) is 70.0 Å². The number of nitrogens with zero attached hydrogens (tertiary/aromatic N) is 6. The van der Waals surface area contributed by atoms with E-state index in [2.05, 4.69) is 40.8 Å². The summed E-state index contributed by atoms with van der Waals surface area (Å²) in [5.41, 5.74) is 1.17. The number of piperazine rings is 1. The van der Waals surface area contributed by atoms with Gasteiger partial charge in [-0.1, -0.05) is 11.6 Å². The van der Waals surface area contributed by atoms with Crippen molar-refractivity contribution in [2.24, 2.45) is 0 Å². The van der Waals surface area contributed by atoms with Crippen molar-refractivity contribution in [2.75, 3.05) is 62.2 Å². The largest absolute Gasteiger partial charge is 0.490 e. The molecule has 0 bridgehead atoms. The van der Waals surface area contributed by atoms with Gasteiger partial charge in [-0.25, -0.2) is 4.39 Å². The van der Waals surface area contributed by atoms with Crippen LogP contribution in [0.4, 0.5) is 15.9 Å². The summed E-state index contributed by atoms with van der Waals surface area (Å²) in [5.74, 6) is -1.32. The lowest BCUT2D eigenvalue weighted by Gasteiger charge is -2.40. The highest BCUT2D eigenvalue weighted by Crippen LogP contribution is 2.28. The highest BCUT2D eigenvalue weighted by Gasteiger charge is 2.30. The number of ether oxygens (including phenoxy) is 2. The van der Waals surface area contributed by atoms with Crippen LogP contribution in [0, 0.1) is 17.1 Å². The van der Waals surface area contributed by atoms with Crippen molar-refractivity contribution in [1.29, 1.82) is 5.26 Å². The Morgan fingerprint density at radius 2 is 1.75 bits per heavy atom. The van der Waals surface area contributed by atoms with Gasteiger partial charge in [0.2, 0.25) is 11.8 Å². The molecule has 1 aliphatic carbocycles. The van der Waals surface area contributed by atoms with Crippen LogP contribution in [0.3, 0.4) is 0 Å². The van der Waals surface area contributed by atoms with Gasteiger partial charge in [0.15, 0.2) is 11.5 Å². The lowest BCUT2D eigenvalue weighted by molar-refractivity contribution is -0.134. The fourth-order valence-corrected chi connectivity index (χ4v) is 7.73. The minimum Gasteiger partial charge on any atom is -0.490 e. The normalized spacial score (nSPS) is 23.2. The van der Waals surface area contributed by atoms with E-state index in [-0.39, 0.29) is 48.3 Å². The number of nitriles is 1. The Morgan fingerprint density at radius 1 is 0.946 bits per heavy atom. The molecule has 2 aromatic carbocycles. The summed E-state index contributed by atoms with van der Waals surface area (Å²) in [5, 5.41) is 25.9. The van der Waals surface area contributed by atoms with Crippen LogP contribution in [-0.4, -0.2) is 115 Å². The first-order valence-electron chi connectivity index (χ1n) is 18.9. The molecule has 3 saturated heterocycles. The van der Waals surface area contributed by atoms with Crippen LogP contribution in [0.2, 0.25) is 5.02 Å². The molecule has 7 rings (SSSR count). The van der Waals surface area contributed by atoms with Gasteiger partial charge in [-0.2, -0.15) is 5.26 Å². The molecule has 3 aromatic rings. The number of rotatable bonds is 10. The first-order chi connectivity index (χ1) is 27.1. The molecule has 3 N–H and O–H groups in total. The zero-order valence-corrected chi connectivity index (χ0v) is 31.5. The number of anilines is 2. The van der Waals surface area contributed by atoms with Crippen molar-refractivity contribution >= 4 is 46.7 Å². The third-order valence-corrected chi connectivity index (χ3v) is 11.0. The van der Waals surface area contributed by atoms with Crippen LogP contribution in [0.15, 0.2) is 48.5 Å². The van der Waals surface area contributed by atoms with Gasteiger partial charge in [-0.3, -0.25) is 29.4 Å². The first-order valence-corrected chi connectivity index (χ1v) is 19.3. The van der Waals surface area contributed by atoms with Gasteiger partial charge in [0.1, 0.15) is 23.7 Å². The van der Waals surface area contributed by atoms with E-state index in [1.54, 1.807) is 30.3 Å². The van der Waals surface area contributed by atoms with Gasteiger partial charge in [-0.05, 0) is 74.6 Å². The molecule has 4 fully saturated rings. The summed E-state index contributed by atoms with van der Waals surface area (Å²) in [4.78, 5) is 55.6. The van der Waals surface area contributed by atoms with Gasteiger partial charge in [0.25, 0.3) is 11.8 Å². The van der Waals surface area contributed by atoms with Crippen LogP contribution in [0.25, 0.3) is 0 Å². The minimum atomic E-state index is -0.881. The maximum absolute atomic E-state index is 15.1. The van der Waals surface area contributed by atoms with Crippen molar-refractivity contribution in [3.05, 3.63) is 76.2 Å². The fraction of sp³-hybridized carbons (Fsp3) is 0.462. The van der Waals surface area contributed by atoms with Crippen molar-refractivity contribution in [1.82, 2.24) is 31.0 Å². The van der Waals surface area contributed by atoms with E-state index in [0.717, 1.165) is 38.8 Å². The molecule has 1 saturated carbocycles. The molecule has 2 atom stereocenters. The highest BCUT2D eigenvalue weighted by molar-refractivity contribution is 6.31. The van der Waals surface area contributed by atoms with Crippen LogP contribution < -0.4 is 30.5 Å². The van der Waals surface area contributed by atoms with Crippen molar-refractivity contribution in [3.63, 3.8) is 0 Å². The molecule has 4 amide bonds. The monoisotopic (exact) mass is 787 g/mol. The summed E-state index contributed by atoms with van der Waals surface area (Å²) in [6, 6.07) is 14.2. The first kappa shape index (κ1) is 38.9. The molecule has 0 unspecified atom stereocenters. The number of morpholine rings is 1. The Hall–Kier alpha value is -5.37. The number of hydrogen-bond acceptors (Lipinski definition) is 12. The zero-order valence-electron chi connectivity index (χ0n) is 30.7. The summed E-state index contributed by atoms with van der Waals surface area (Å²) >= 11 is 6.14. The van der Waals surface area contributed by atoms with Crippen LogP contribution >= 0.6 is 11.6 Å². The molecule has 56 heavy (non-hydrogen) atoms. The Bertz CT molecular complexity index is 1980. The smallest absolute Gasteiger partial charge is 0.272 e. The number of hydrogen-bond donors (Lipinski definition) is 3. The number of nitrogens with one attached hydrogen (secondary N) is 3. The van der Waals surface area contributed by atoms with E-state index in [1.807, 2.05) is 12.1 Å². The maximum atomic E-state index is 15.1. The SMILES string of the molecule is N#Cc1ccc(OC2CCC(NC(=O)c3ccc(N4CCO[C@@H](CN5CCN(c6ccc(C(=O)N[C@H]7CCC(=O)NC7=O)c(F)c6)CC5)C4)nn3)CC2)cc1Cl. The van der Waals surface area contributed by atoms with Crippen molar-refractivity contribution in [2.45, 2.75) is 62.8 Å². The molecule has 4 heterocycles. The molecular weight excluding hydrogens is 745 g/mol. The lowest BCUT2D eigenvalue weighted by atomic mass is 9.93. The topological polar surface area (TPSA) is 182 Å². The van der Waals surface area contributed by atoms with E-state index >= 15 is 4.39 Å². The number of aromatic nitrogens is 2. The lowest BCUT2D eigenvalue weighted by Crippen LogP contribution is -2.53. The number of halogens is 2. The molecule has 0 radical (unpaired) electrons. The number of carbonyl (C=O) groups excluding carboxylic acids is 4. The summed E-state index contributed by atoms with van der Waals surface area (Å²) in [6.07, 6.45) is 3.29. The zero-order chi connectivity index (χ0) is 39.2. The van der Waals surface area contributed by atoms with E-state index < -0.39 is 29.6 Å². The molecule has 15 nitrogen and oxygen atoms in total. The Kier molecular flexibility index (Phi) is 12.2. The molecule has 294 valence electrons. The molecule has 17 heteroatoms. The molecule has 3 aliphatic heterocycles. The second kappa shape index (κ2) is 17.6. The van der Waals surface area contributed by atoms with Crippen LogP contribution in [0.1, 0.15) is 64.9 Å². The second-order valence-electron chi connectivity index (χ2n) is 14.5. The molecular formula is C39H43ClFN9O6. The van der Waals surface area contributed by atoms with Gasteiger partial charge < -0.3 is 29.9 Å². The van der Waals surface area contributed by atoms with Crippen molar-refractivity contribution in [3.8, 4) is 11.8 Å². The predicted octanol–water partition coefficient (Wildman–Crippen LogP) is 2.82. The summed E-state index contributed by atoms with van der Waals surface area (Å²) < 4.78 is 27.2. The third kappa shape index (κ3) is 9.52. The highest BCUT2D eigenvalue weighted by atomic mass is 35.5. The molecule has 4 aliphatic rings. The fourth-order valence-electron chi connectivity index (χ4n) is 7.52. The quantitative estimate of drug-likeness (QED) is 0.256. The minimum absolute atomic E-state index is 0.00163. The van der Waals surface area contributed by atoms with E-state index in [4.69, 9.17) is 26.3 Å². The average molecular weight is 788 g/mol. The van der Waals surface area contributed by atoms with Crippen LogP contribution in [-0.2, 0) is 14.3 Å². The Labute approximate surface area is 328 Å². The summed E-state index contributed by atoms with van der Waals surface area (Å²) in [7, 11) is 0. The van der Waals surface area contributed by atoms with Gasteiger partial charge in [0.05, 0.1) is 35.0 Å². The molecule has 1 aromatic heterocycles. The van der Waals surface area contributed by atoms with E-state index in [9.17, 15) is 19.2 Å². The second-order valence-corrected chi connectivity index (χ2v) is 14.9. The van der Waals surface area contributed by atoms with Crippen molar-refractivity contribution < 1.29 is 33.0 Å². The van der Waals surface area contributed by atoms with Gasteiger partial charge in [-0.15, -0.1) is 10.2 Å². The number of amides is 4. The Morgan fingerprint density at radius 3 is 2.45 bits per heavy atom.